The Morgan fingerprint density at radius 3 is 2.48 bits per heavy atom. The highest BCUT2D eigenvalue weighted by Crippen LogP contribution is 2.39. The van der Waals surface area contributed by atoms with Gasteiger partial charge in [-0.3, -0.25) is 23.9 Å². The number of carbonyl (C=O) groups is 2. The van der Waals surface area contributed by atoms with Gasteiger partial charge in [-0.05, 0) is 63.3 Å². The molecule has 11 nitrogen and oxygen atoms in total. The van der Waals surface area contributed by atoms with Crippen LogP contribution < -0.4 is 20.5 Å². The van der Waals surface area contributed by atoms with E-state index in [1.807, 2.05) is 24.0 Å². The van der Waals surface area contributed by atoms with E-state index in [0.29, 0.717) is 29.8 Å². The number of likely N-dealkylation sites (tertiary alicyclic amines) is 1. The lowest BCUT2D eigenvalue weighted by molar-refractivity contribution is -0.130. The minimum absolute atomic E-state index is 0.0321. The van der Waals surface area contributed by atoms with Crippen LogP contribution in [-0.4, -0.2) is 87.4 Å². The lowest BCUT2D eigenvalue weighted by Gasteiger charge is -2.49. The van der Waals surface area contributed by atoms with Gasteiger partial charge in [-0.2, -0.15) is 4.98 Å². The van der Waals surface area contributed by atoms with E-state index in [-0.39, 0.29) is 34.9 Å². The van der Waals surface area contributed by atoms with Gasteiger partial charge in [-0.25, -0.2) is 4.98 Å². The smallest absolute Gasteiger partial charge is 0.263 e. The van der Waals surface area contributed by atoms with E-state index in [4.69, 9.17) is 9.72 Å². The monoisotopic (exact) mass is 599 g/mol. The molecule has 1 N–H and O–H groups in total. The van der Waals surface area contributed by atoms with Gasteiger partial charge in [0.25, 0.3) is 5.56 Å². The van der Waals surface area contributed by atoms with E-state index in [9.17, 15) is 14.4 Å². The maximum atomic E-state index is 13.6. The molecule has 1 atom stereocenters. The molecule has 1 aromatic carbocycles. The standard InChI is InChI=1S/C33H41N7O4/c1-20-27-17-34-33(36-31(27)40(25-6-4-5-7-25)32(43)30(20)21(2)41)35-23-8-9-29-28(16-23)39-15-14-38(18-26(39)19-44-29)24-10-12-37(13-11-24)22(3)42/h8-9,16-17,24-26H,4-7,10-15,18-19H2,1-3H3,(H,34,35,36)/t26-/m0/s1. The van der Waals surface area contributed by atoms with E-state index >= 15 is 0 Å². The summed E-state index contributed by atoms with van der Waals surface area (Å²) in [5.41, 5.74) is 3.10. The van der Waals surface area contributed by atoms with Crippen molar-refractivity contribution < 1.29 is 14.3 Å². The highest BCUT2D eigenvalue weighted by atomic mass is 16.5. The Hall–Kier alpha value is -3.99. The quantitative estimate of drug-likeness (QED) is 0.434. The molecule has 7 rings (SSSR count). The number of Topliss-reactive ketones (excluding diaryl/α,β-unsaturated/α-hetero) is 1. The second-order valence-electron chi connectivity index (χ2n) is 12.8. The number of carbonyl (C=O) groups excluding carboxylic acids is 2. The molecule has 0 bridgehead atoms. The molecule has 0 unspecified atom stereocenters. The second kappa shape index (κ2) is 11.5. The van der Waals surface area contributed by atoms with Crippen molar-refractivity contribution in [3.05, 3.63) is 45.9 Å². The fourth-order valence-electron chi connectivity index (χ4n) is 7.78. The van der Waals surface area contributed by atoms with Gasteiger partial charge in [-0.15, -0.1) is 0 Å². The van der Waals surface area contributed by atoms with Gasteiger partial charge in [-0.1, -0.05) is 12.8 Å². The molecule has 5 heterocycles. The molecule has 0 radical (unpaired) electrons. The van der Waals surface area contributed by atoms with Crippen LogP contribution in [-0.2, 0) is 4.79 Å². The summed E-state index contributed by atoms with van der Waals surface area (Å²) >= 11 is 0. The number of hydrogen-bond donors (Lipinski definition) is 1. The highest BCUT2D eigenvalue weighted by Gasteiger charge is 2.36. The molecule has 4 aliphatic rings. The fourth-order valence-corrected chi connectivity index (χ4v) is 7.78. The number of benzene rings is 1. The normalized spacial score (nSPS) is 21.2. The third-order valence-electron chi connectivity index (χ3n) is 10.1. The third-order valence-corrected chi connectivity index (χ3v) is 10.1. The molecule has 2 aromatic heterocycles. The van der Waals surface area contributed by atoms with Gasteiger partial charge in [0.2, 0.25) is 11.9 Å². The molecule has 3 aromatic rings. The summed E-state index contributed by atoms with van der Waals surface area (Å²) < 4.78 is 7.97. The van der Waals surface area contributed by atoms with Crippen LogP contribution in [0.5, 0.6) is 5.75 Å². The number of piperidine rings is 1. The lowest BCUT2D eigenvalue weighted by atomic mass is 9.99. The molecule has 2 saturated heterocycles. The Balaban J connectivity index is 1.13. The Kier molecular flexibility index (Phi) is 7.52. The van der Waals surface area contributed by atoms with Crippen LogP contribution in [0.4, 0.5) is 17.3 Å². The molecule has 3 aliphatic heterocycles. The molecule has 3 fully saturated rings. The van der Waals surface area contributed by atoms with E-state index in [2.05, 4.69) is 26.2 Å². The van der Waals surface area contributed by atoms with Gasteiger partial charge >= 0.3 is 0 Å². The number of aromatic nitrogens is 3. The van der Waals surface area contributed by atoms with Gasteiger partial charge in [0.1, 0.15) is 18.0 Å². The highest BCUT2D eigenvalue weighted by molar-refractivity contribution is 5.99. The van der Waals surface area contributed by atoms with Crippen molar-refractivity contribution in [2.75, 3.05) is 49.5 Å². The van der Waals surface area contributed by atoms with E-state index in [1.54, 1.807) is 17.7 Å². The predicted octanol–water partition coefficient (Wildman–Crippen LogP) is 4.06. The SMILES string of the molecule is CC(=O)c1c(C)c2cnc(Nc3ccc4c(c3)N3CCN(C5CCN(C(C)=O)CC5)C[C@H]3CO4)nc2n(C2CCCC2)c1=O. The van der Waals surface area contributed by atoms with Crippen LogP contribution in [0.25, 0.3) is 11.0 Å². The average Bonchev–Trinajstić information content (AvgIpc) is 3.55. The number of ether oxygens (including phenoxy) is 1. The van der Waals surface area contributed by atoms with Crippen LogP contribution in [0.15, 0.2) is 29.2 Å². The number of nitrogens with one attached hydrogen (secondary N) is 1. The number of fused-ring (bicyclic) bond motifs is 4. The molecule has 1 saturated carbocycles. The van der Waals surface area contributed by atoms with Crippen LogP contribution in [0.3, 0.4) is 0 Å². The fraction of sp³-hybridized carbons (Fsp3) is 0.545. The second-order valence-corrected chi connectivity index (χ2v) is 12.8. The van der Waals surface area contributed by atoms with E-state index in [1.165, 1.54) is 6.92 Å². The Morgan fingerprint density at radius 1 is 0.977 bits per heavy atom. The number of piperazine rings is 1. The molecule has 11 heteroatoms. The number of hydrogen-bond acceptors (Lipinski definition) is 9. The predicted molar refractivity (Wildman–Crippen MR) is 169 cm³/mol. The lowest BCUT2D eigenvalue weighted by Crippen LogP contribution is -2.60. The van der Waals surface area contributed by atoms with Crippen molar-refractivity contribution in [2.24, 2.45) is 0 Å². The summed E-state index contributed by atoms with van der Waals surface area (Å²) in [6.07, 6.45) is 7.70. The molecule has 1 amide bonds. The molecule has 44 heavy (non-hydrogen) atoms. The topological polar surface area (TPSA) is 113 Å². The van der Waals surface area contributed by atoms with Crippen LogP contribution in [0, 0.1) is 6.92 Å². The summed E-state index contributed by atoms with van der Waals surface area (Å²) in [5, 5.41) is 4.12. The third kappa shape index (κ3) is 5.10. The zero-order valence-electron chi connectivity index (χ0n) is 25.8. The maximum Gasteiger partial charge on any atom is 0.263 e. The average molecular weight is 600 g/mol. The van der Waals surface area contributed by atoms with Crippen LogP contribution in [0.1, 0.15) is 74.3 Å². The Morgan fingerprint density at radius 2 is 1.75 bits per heavy atom. The number of pyridine rings is 1. The summed E-state index contributed by atoms with van der Waals surface area (Å²) in [4.78, 5) is 54.3. The maximum absolute atomic E-state index is 13.6. The van der Waals surface area contributed by atoms with Crippen molar-refractivity contribution in [3.63, 3.8) is 0 Å². The number of nitrogens with zero attached hydrogens (tertiary/aromatic N) is 6. The summed E-state index contributed by atoms with van der Waals surface area (Å²) in [7, 11) is 0. The first-order chi connectivity index (χ1) is 21.3. The van der Waals surface area contributed by atoms with E-state index < -0.39 is 0 Å². The first-order valence-electron chi connectivity index (χ1n) is 16.0. The van der Waals surface area contributed by atoms with Crippen molar-refractivity contribution in [2.45, 2.75) is 77.4 Å². The summed E-state index contributed by atoms with van der Waals surface area (Å²) in [5.74, 6) is 1.23. The van der Waals surface area contributed by atoms with Crippen LogP contribution in [0.2, 0.25) is 0 Å². The largest absolute Gasteiger partial charge is 0.489 e. The molecular formula is C33H41N7O4. The van der Waals surface area contributed by atoms with Crippen molar-refractivity contribution in [3.8, 4) is 5.75 Å². The molecular weight excluding hydrogens is 558 g/mol. The first-order valence-corrected chi connectivity index (χ1v) is 16.0. The number of anilines is 3. The van der Waals surface area contributed by atoms with Gasteiger partial charge < -0.3 is 19.9 Å². The van der Waals surface area contributed by atoms with Gasteiger partial charge in [0.05, 0.1) is 17.3 Å². The zero-order chi connectivity index (χ0) is 30.5. The molecule has 0 spiro atoms. The Labute approximate surface area is 257 Å². The zero-order valence-corrected chi connectivity index (χ0v) is 25.8. The minimum atomic E-state index is -0.250. The Bertz CT molecular complexity index is 1670. The summed E-state index contributed by atoms with van der Waals surface area (Å²) in [6.45, 7) is 10.1. The van der Waals surface area contributed by atoms with Crippen molar-refractivity contribution in [1.82, 2.24) is 24.3 Å². The van der Waals surface area contributed by atoms with Gasteiger partial charge in [0, 0.05) is 69.0 Å². The first kappa shape index (κ1) is 28.8. The van der Waals surface area contributed by atoms with E-state index in [0.717, 1.165) is 93.8 Å². The number of aryl methyl sites for hydroxylation is 1. The summed E-state index contributed by atoms with van der Waals surface area (Å²) in [6, 6.07) is 6.86. The van der Waals surface area contributed by atoms with Gasteiger partial charge in [0.15, 0.2) is 5.78 Å². The number of ketones is 1. The number of rotatable bonds is 5. The van der Waals surface area contributed by atoms with Crippen molar-refractivity contribution >= 4 is 40.0 Å². The minimum Gasteiger partial charge on any atom is -0.489 e. The van der Waals surface area contributed by atoms with Crippen LogP contribution >= 0.6 is 0 Å². The molecule has 232 valence electrons. The van der Waals surface area contributed by atoms with Crippen molar-refractivity contribution in [1.29, 1.82) is 0 Å². The number of amides is 1. The molecule has 1 aliphatic carbocycles.